The molecule has 0 aliphatic heterocycles. The molecule has 0 spiro atoms. The predicted molar refractivity (Wildman–Crippen MR) is 122 cm³/mol. The molecule has 0 saturated heterocycles. The van der Waals surface area contributed by atoms with Crippen molar-refractivity contribution in [2.45, 2.75) is 40.8 Å². The second kappa shape index (κ2) is 9.09. The summed E-state index contributed by atoms with van der Waals surface area (Å²) in [6, 6.07) is 17.7. The zero-order chi connectivity index (χ0) is 22.7. The Hall–Kier alpha value is -3.87. The van der Waals surface area contributed by atoms with Crippen molar-refractivity contribution in [1.29, 1.82) is 0 Å². The maximum atomic E-state index is 12.9. The van der Waals surface area contributed by atoms with Crippen LogP contribution >= 0.6 is 0 Å². The van der Waals surface area contributed by atoms with Crippen LogP contribution in [-0.2, 0) is 13.2 Å². The number of benzene rings is 2. The van der Waals surface area contributed by atoms with Gasteiger partial charge in [0, 0.05) is 11.8 Å². The Labute approximate surface area is 187 Å². The van der Waals surface area contributed by atoms with Crippen LogP contribution in [0.4, 0.5) is 5.82 Å². The van der Waals surface area contributed by atoms with Crippen LogP contribution in [0, 0.1) is 27.7 Å². The second-order valence-corrected chi connectivity index (χ2v) is 7.88. The van der Waals surface area contributed by atoms with E-state index in [1.807, 2.05) is 61.0 Å². The average molecular weight is 431 g/mol. The molecule has 2 heterocycles. The minimum Gasteiger partial charge on any atom is -0.489 e. The molecule has 2 aromatic carbocycles. The summed E-state index contributed by atoms with van der Waals surface area (Å²) in [5.41, 5.74) is 5.23. The number of ether oxygens (including phenoxy) is 1. The first-order valence-electron chi connectivity index (χ1n) is 10.5. The smallest absolute Gasteiger partial charge is 0.279 e. The van der Waals surface area contributed by atoms with Crippen LogP contribution in [0.5, 0.6) is 5.75 Å². The molecule has 2 aromatic heterocycles. The molecule has 7 heteroatoms. The lowest BCUT2D eigenvalue weighted by molar-refractivity contribution is 0.101. The molecule has 164 valence electrons. The summed E-state index contributed by atoms with van der Waals surface area (Å²) < 4.78 is 13.0. The third-order valence-corrected chi connectivity index (χ3v) is 5.38. The predicted octanol–water partition coefficient (Wildman–Crippen LogP) is 4.98. The molecule has 0 bridgehead atoms. The van der Waals surface area contributed by atoms with Gasteiger partial charge in [-0.15, -0.1) is 0 Å². The zero-order valence-corrected chi connectivity index (χ0v) is 18.7. The van der Waals surface area contributed by atoms with Gasteiger partial charge in [-0.1, -0.05) is 41.6 Å². The third kappa shape index (κ3) is 4.72. The van der Waals surface area contributed by atoms with Gasteiger partial charge in [-0.05, 0) is 56.5 Å². The summed E-state index contributed by atoms with van der Waals surface area (Å²) in [4.78, 5) is 12.9. The van der Waals surface area contributed by atoms with E-state index in [1.165, 1.54) is 11.1 Å². The highest BCUT2D eigenvalue weighted by Crippen LogP contribution is 2.20. The fraction of sp³-hybridized carbons (Fsp3) is 0.240. The van der Waals surface area contributed by atoms with Crippen LogP contribution in [0.2, 0.25) is 0 Å². The van der Waals surface area contributed by atoms with Crippen LogP contribution in [0.3, 0.4) is 0 Å². The standard InChI is InChI=1S/C25H26N4O3/c1-16-8-7-11-21(12-16)31-15-22-19(4)32-28-24(22)25(30)26-23-13-18(3)29(27-23)14-20-10-6-5-9-17(20)2/h5-13H,14-15H2,1-4H3,(H,26,27,30). The van der Waals surface area contributed by atoms with Gasteiger partial charge >= 0.3 is 0 Å². The highest BCUT2D eigenvalue weighted by Gasteiger charge is 2.21. The molecule has 0 aliphatic carbocycles. The summed E-state index contributed by atoms with van der Waals surface area (Å²) in [6.45, 7) is 8.61. The topological polar surface area (TPSA) is 82.2 Å². The number of aryl methyl sites for hydroxylation is 4. The summed E-state index contributed by atoms with van der Waals surface area (Å²) >= 11 is 0. The van der Waals surface area contributed by atoms with Gasteiger partial charge in [0.1, 0.15) is 18.1 Å². The third-order valence-electron chi connectivity index (χ3n) is 5.38. The summed E-state index contributed by atoms with van der Waals surface area (Å²) in [5, 5.41) is 11.3. The van der Waals surface area contributed by atoms with Crippen LogP contribution in [0.1, 0.15) is 44.2 Å². The first kappa shape index (κ1) is 21.4. The number of carbonyl (C=O) groups is 1. The molecule has 7 nitrogen and oxygen atoms in total. The van der Waals surface area contributed by atoms with Crippen molar-refractivity contribution in [1.82, 2.24) is 14.9 Å². The number of carbonyl (C=O) groups excluding carboxylic acids is 1. The maximum Gasteiger partial charge on any atom is 0.279 e. The van der Waals surface area contributed by atoms with E-state index >= 15 is 0 Å². The van der Waals surface area contributed by atoms with E-state index in [0.29, 0.717) is 23.7 Å². The van der Waals surface area contributed by atoms with Crippen molar-refractivity contribution in [2.75, 3.05) is 5.32 Å². The Morgan fingerprint density at radius 2 is 1.88 bits per heavy atom. The van der Waals surface area contributed by atoms with Crippen molar-refractivity contribution < 1.29 is 14.1 Å². The molecule has 0 aliphatic rings. The largest absolute Gasteiger partial charge is 0.489 e. The van der Waals surface area contributed by atoms with E-state index in [1.54, 1.807) is 6.92 Å². The number of rotatable bonds is 7. The van der Waals surface area contributed by atoms with Gasteiger partial charge in [-0.2, -0.15) is 5.10 Å². The quantitative estimate of drug-likeness (QED) is 0.447. The van der Waals surface area contributed by atoms with Crippen LogP contribution < -0.4 is 10.1 Å². The van der Waals surface area contributed by atoms with Gasteiger partial charge < -0.3 is 14.6 Å². The molecule has 0 saturated carbocycles. The number of amides is 1. The van der Waals surface area contributed by atoms with Gasteiger partial charge in [-0.3, -0.25) is 9.48 Å². The lowest BCUT2D eigenvalue weighted by atomic mass is 10.1. The molecule has 1 N–H and O–H groups in total. The molecule has 0 atom stereocenters. The van der Waals surface area contributed by atoms with E-state index in [0.717, 1.165) is 17.0 Å². The van der Waals surface area contributed by atoms with E-state index in [-0.39, 0.29) is 18.2 Å². The minimum atomic E-state index is -0.384. The van der Waals surface area contributed by atoms with E-state index in [4.69, 9.17) is 9.26 Å². The highest BCUT2D eigenvalue weighted by molar-refractivity contribution is 6.03. The molecule has 0 unspecified atom stereocenters. The normalized spacial score (nSPS) is 10.9. The maximum absolute atomic E-state index is 12.9. The monoisotopic (exact) mass is 430 g/mol. The Kier molecular flexibility index (Phi) is 6.07. The molecular formula is C25H26N4O3. The minimum absolute atomic E-state index is 0.183. The summed E-state index contributed by atoms with van der Waals surface area (Å²) in [7, 11) is 0. The second-order valence-electron chi connectivity index (χ2n) is 7.88. The number of anilines is 1. The molecule has 32 heavy (non-hydrogen) atoms. The number of hydrogen-bond donors (Lipinski definition) is 1. The number of nitrogens with zero attached hydrogens (tertiary/aromatic N) is 3. The SMILES string of the molecule is Cc1cccc(OCc2c(C(=O)Nc3cc(C)n(Cc4ccccc4C)n3)noc2C)c1. The Morgan fingerprint density at radius 1 is 1.06 bits per heavy atom. The first-order chi connectivity index (χ1) is 15.4. The van der Waals surface area contributed by atoms with Gasteiger partial charge in [0.25, 0.3) is 5.91 Å². The highest BCUT2D eigenvalue weighted by atomic mass is 16.5. The molecule has 4 aromatic rings. The number of nitrogens with one attached hydrogen (secondary N) is 1. The van der Waals surface area contributed by atoms with Crippen molar-refractivity contribution in [3.8, 4) is 5.75 Å². The average Bonchev–Trinajstić information content (AvgIpc) is 3.30. The summed E-state index contributed by atoms with van der Waals surface area (Å²) in [6.07, 6.45) is 0. The van der Waals surface area contributed by atoms with Crippen molar-refractivity contribution in [3.63, 3.8) is 0 Å². The van der Waals surface area contributed by atoms with Crippen molar-refractivity contribution >= 4 is 11.7 Å². The van der Waals surface area contributed by atoms with Gasteiger partial charge in [0.15, 0.2) is 11.5 Å². The van der Waals surface area contributed by atoms with Gasteiger partial charge in [0.05, 0.1) is 12.1 Å². The van der Waals surface area contributed by atoms with Crippen LogP contribution in [0.25, 0.3) is 0 Å². The molecular weight excluding hydrogens is 404 g/mol. The fourth-order valence-electron chi connectivity index (χ4n) is 3.46. The Morgan fingerprint density at radius 3 is 2.66 bits per heavy atom. The molecule has 0 radical (unpaired) electrons. The first-order valence-corrected chi connectivity index (χ1v) is 10.5. The van der Waals surface area contributed by atoms with E-state index in [2.05, 4.69) is 34.6 Å². The lowest BCUT2D eigenvalue weighted by Gasteiger charge is -2.08. The number of hydrogen-bond acceptors (Lipinski definition) is 5. The van der Waals surface area contributed by atoms with Crippen LogP contribution in [0.15, 0.2) is 59.1 Å². The van der Waals surface area contributed by atoms with Crippen molar-refractivity contribution in [3.05, 3.63) is 94.0 Å². The van der Waals surface area contributed by atoms with E-state index in [9.17, 15) is 4.79 Å². The van der Waals surface area contributed by atoms with Crippen molar-refractivity contribution in [2.24, 2.45) is 0 Å². The van der Waals surface area contributed by atoms with Crippen LogP contribution in [-0.4, -0.2) is 20.8 Å². The van der Waals surface area contributed by atoms with Gasteiger partial charge in [0.2, 0.25) is 0 Å². The number of aromatic nitrogens is 3. The van der Waals surface area contributed by atoms with E-state index < -0.39 is 0 Å². The zero-order valence-electron chi connectivity index (χ0n) is 18.7. The molecule has 0 fully saturated rings. The molecule has 1 amide bonds. The lowest BCUT2D eigenvalue weighted by Crippen LogP contribution is -2.16. The Bertz CT molecular complexity index is 1260. The van der Waals surface area contributed by atoms with Gasteiger partial charge in [-0.25, -0.2) is 0 Å². The summed E-state index contributed by atoms with van der Waals surface area (Å²) in [5.74, 6) is 1.35. The Balaban J connectivity index is 1.47. The molecule has 4 rings (SSSR count). The fourth-order valence-corrected chi connectivity index (χ4v) is 3.46.